The van der Waals surface area contributed by atoms with Gasteiger partial charge >= 0.3 is 6.61 Å². The van der Waals surface area contributed by atoms with Gasteiger partial charge in [-0.3, -0.25) is 0 Å². The molecule has 21 heavy (non-hydrogen) atoms. The zero-order valence-electron chi connectivity index (χ0n) is 11.4. The van der Waals surface area contributed by atoms with E-state index in [4.69, 9.17) is 10.5 Å². The fourth-order valence-electron chi connectivity index (χ4n) is 1.77. The number of thioether (sulfide) groups is 1. The number of anilines is 1. The lowest BCUT2D eigenvalue weighted by molar-refractivity contribution is -0.0512. The standard InChI is InChI=1S/C15H15F2NO2S/c1-19-14-7-10(5-6-13(14)20-15(16)17)9-21-12-4-2-3-11(18)8-12/h2-8,15H,9,18H2,1H3. The van der Waals surface area contributed by atoms with Crippen molar-refractivity contribution in [2.45, 2.75) is 17.3 Å². The van der Waals surface area contributed by atoms with E-state index in [1.54, 1.807) is 23.9 Å². The van der Waals surface area contributed by atoms with Crippen molar-refractivity contribution in [2.24, 2.45) is 0 Å². The summed E-state index contributed by atoms with van der Waals surface area (Å²) in [6.45, 7) is -2.87. The third kappa shape index (κ3) is 4.53. The van der Waals surface area contributed by atoms with Crippen LogP contribution in [0.2, 0.25) is 0 Å². The fourth-order valence-corrected chi connectivity index (χ4v) is 2.67. The minimum absolute atomic E-state index is 0.0326. The van der Waals surface area contributed by atoms with E-state index in [-0.39, 0.29) is 5.75 Å². The van der Waals surface area contributed by atoms with Crippen molar-refractivity contribution in [3.05, 3.63) is 48.0 Å². The minimum Gasteiger partial charge on any atom is -0.493 e. The summed E-state index contributed by atoms with van der Waals surface area (Å²) in [5.74, 6) is 1.00. The van der Waals surface area contributed by atoms with Gasteiger partial charge in [-0.25, -0.2) is 0 Å². The molecule has 112 valence electrons. The molecule has 0 spiro atoms. The molecule has 0 aliphatic rings. The lowest BCUT2D eigenvalue weighted by atomic mass is 10.2. The van der Waals surface area contributed by atoms with Crippen molar-refractivity contribution < 1.29 is 18.3 Å². The number of halogens is 2. The van der Waals surface area contributed by atoms with E-state index in [0.717, 1.165) is 10.5 Å². The van der Waals surface area contributed by atoms with Gasteiger partial charge in [-0.05, 0) is 35.9 Å². The molecule has 0 aliphatic carbocycles. The second-order valence-corrected chi connectivity index (χ2v) is 5.27. The number of nitrogens with two attached hydrogens (primary N) is 1. The average Bonchev–Trinajstić information content (AvgIpc) is 2.45. The second kappa shape index (κ2) is 7.17. The zero-order valence-corrected chi connectivity index (χ0v) is 12.2. The number of alkyl halides is 2. The first-order chi connectivity index (χ1) is 10.1. The maximum atomic E-state index is 12.3. The van der Waals surface area contributed by atoms with Crippen LogP contribution in [0.15, 0.2) is 47.4 Å². The summed E-state index contributed by atoms with van der Waals surface area (Å²) < 4.78 is 34.0. The Kier molecular flexibility index (Phi) is 5.27. The molecular formula is C15H15F2NO2S. The summed E-state index contributed by atoms with van der Waals surface area (Å²) in [7, 11) is 1.42. The normalized spacial score (nSPS) is 10.7. The van der Waals surface area contributed by atoms with E-state index in [1.165, 1.54) is 13.2 Å². The molecule has 0 aliphatic heterocycles. The van der Waals surface area contributed by atoms with E-state index in [0.29, 0.717) is 17.2 Å². The van der Waals surface area contributed by atoms with Crippen molar-refractivity contribution in [1.29, 1.82) is 0 Å². The van der Waals surface area contributed by atoms with Crippen LogP contribution in [0.3, 0.4) is 0 Å². The summed E-state index contributed by atoms with van der Waals surface area (Å²) in [6, 6.07) is 12.5. The Morgan fingerprint density at radius 3 is 2.62 bits per heavy atom. The Labute approximate surface area is 126 Å². The first kappa shape index (κ1) is 15.4. The van der Waals surface area contributed by atoms with Crippen molar-refractivity contribution >= 4 is 17.4 Å². The first-order valence-corrected chi connectivity index (χ1v) is 7.17. The molecule has 0 amide bonds. The van der Waals surface area contributed by atoms with E-state index < -0.39 is 6.61 Å². The van der Waals surface area contributed by atoms with Gasteiger partial charge in [0.25, 0.3) is 0 Å². The molecule has 2 aromatic carbocycles. The highest BCUT2D eigenvalue weighted by atomic mass is 32.2. The molecule has 0 radical (unpaired) electrons. The third-order valence-electron chi connectivity index (χ3n) is 2.71. The van der Waals surface area contributed by atoms with E-state index in [9.17, 15) is 8.78 Å². The number of methoxy groups -OCH3 is 1. The Bertz CT molecular complexity index is 608. The van der Waals surface area contributed by atoms with Crippen LogP contribution in [-0.2, 0) is 5.75 Å². The maximum Gasteiger partial charge on any atom is 0.387 e. The molecule has 2 rings (SSSR count). The lowest BCUT2D eigenvalue weighted by Crippen LogP contribution is -2.03. The van der Waals surface area contributed by atoms with Gasteiger partial charge in [-0.15, -0.1) is 11.8 Å². The summed E-state index contributed by atoms with van der Waals surface area (Å²) >= 11 is 1.60. The topological polar surface area (TPSA) is 44.5 Å². The van der Waals surface area contributed by atoms with Crippen LogP contribution in [0, 0.1) is 0 Å². The predicted molar refractivity (Wildman–Crippen MR) is 80.0 cm³/mol. The first-order valence-electron chi connectivity index (χ1n) is 6.18. The van der Waals surface area contributed by atoms with Crippen molar-refractivity contribution in [1.82, 2.24) is 0 Å². The van der Waals surface area contributed by atoms with E-state index >= 15 is 0 Å². The summed E-state index contributed by atoms with van der Waals surface area (Å²) in [6.07, 6.45) is 0. The second-order valence-electron chi connectivity index (χ2n) is 4.22. The number of nitrogen functional groups attached to an aromatic ring is 1. The third-order valence-corrected chi connectivity index (χ3v) is 3.77. The van der Waals surface area contributed by atoms with Crippen LogP contribution in [-0.4, -0.2) is 13.7 Å². The summed E-state index contributed by atoms with van der Waals surface area (Å²) in [4.78, 5) is 1.04. The van der Waals surface area contributed by atoms with Gasteiger partial charge < -0.3 is 15.2 Å². The van der Waals surface area contributed by atoms with Crippen LogP contribution < -0.4 is 15.2 Å². The van der Waals surface area contributed by atoms with E-state index in [2.05, 4.69) is 4.74 Å². The smallest absolute Gasteiger partial charge is 0.387 e. The number of hydrogen-bond acceptors (Lipinski definition) is 4. The highest BCUT2D eigenvalue weighted by Crippen LogP contribution is 2.32. The Morgan fingerprint density at radius 2 is 1.95 bits per heavy atom. The maximum absolute atomic E-state index is 12.3. The van der Waals surface area contributed by atoms with Gasteiger partial charge in [0.15, 0.2) is 11.5 Å². The number of ether oxygens (including phenoxy) is 2. The Hall–Kier alpha value is -1.95. The van der Waals surface area contributed by atoms with Crippen LogP contribution in [0.5, 0.6) is 11.5 Å². The summed E-state index contributed by atoms with van der Waals surface area (Å²) in [5.41, 5.74) is 7.37. The van der Waals surface area contributed by atoms with Gasteiger partial charge in [0.2, 0.25) is 0 Å². The van der Waals surface area contributed by atoms with Crippen LogP contribution in [0.4, 0.5) is 14.5 Å². The Balaban J connectivity index is 2.07. The van der Waals surface area contributed by atoms with Gasteiger partial charge in [0.1, 0.15) is 0 Å². The molecule has 0 saturated carbocycles. The zero-order chi connectivity index (χ0) is 15.2. The monoisotopic (exact) mass is 311 g/mol. The van der Waals surface area contributed by atoms with Gasteiger partial charge in [0.05, 0.1) is 7.11 Å². The SMILES string of the molecule is COc1cc(CSc2cccc(N)c2)ccc1OC(F)F. The lowest BCUT2D eigenvalue weighted by Gasteiger charge is -2.11. The quantitative estimate of drug-likeness (QED) is 0.642. The molecule has 0 saturated heterocycles. The van der Waals surface area contributed by atoms with Gasteiger partial charge in [-0.2, -0.15) is 8.78 Å². The largest absolute Gasteiger partial charge is 0.493 e. The molecule has 6 heteroatoms. The number of hydrogen-bond donors (Lipinski definition) is 1. The Morgan fingerprint density at radius 1 is 1.14 bits per heavy atom. The molecule has 0 unspecified atom stereocenters. The van der Waals surface area contributed by atoms with Crippen LogP contribution >= 0.6 is 11.8 Å². The molecule has 2 aromatic rings. The van der Waals surface area contributed by atoms with Crippen molar-refractivity contribution in [2.75, 3.05) is 12.8 Å². The van der Waals surface area contributed by atoms with Crippen LogP contribution in [0.25, 0.3) is 0 Å². The average molecular weight is 311 g/mol. The number of benzene rings is 2. The number of rotatable bonds is 6. The summed E-state index contributed by atoms with van der Waals surface area (Å²) in [5, 5.41) is 0. The highest BCUT2D eigenvalue weighted by molar-refractivity contribution is 7.98. The molecule has 0 aromatic heterocycles. The van der Waals surface area contributed by atoms with Crippen molar-refractivity contribution in [3.8, 4) is 11.5 Å². The fraction of sp³-hybridized carbons (Fsp3) is 0.200. The molecule has 2 N–H and O–H groups in total. The molecule has 0 atom stereocenters. The minimum atomic E-state index is -2.87. The molecule has 0 bridgehead atoms. The molecule has 0 fully saturated rings. The van der Waals surface area contributed by atoms with Gasteiger partial charge in [-0.1, -0.05) is 12.1 Å². The predicted octanol–water partition coefficient (Wildman–Crippen LogP) is 4.17. The molecule has 3 nitrogen and oxygen atoms in total. The van der Waals surface area contributed by atoms with E-state index in [1.807, 2.05) is 24.3 Å². The molecular weight excluding hydrogens is 296 g/mol. The van der Waals surface area contributed by atoms with Gasteiger partial charge in [0, 0.05) is 16.3 Å². The highest BCUT2D eigenvalue weighted by Gasteiger charge is 2.11. The molecule has 0 heterocycles. The van der Waals surface area contributed by atoms with Crippen LogP contribution in [0.1, 0.15) is 5.56 Å². The van der Waals surface area contributed by atoms with Crippen molar-refractivity contribution in [3.63, 3.8) is 0 Å².